The maximum Gasteiger partial charge on any atom is 0.287 e. The van der Waals surface area contributed by atoms with Crippen LogP contribution in [-0.4, -0.2) is 31.4 Å². The second kappa shape index (κ2) is 7.82. The number of amides is 3. The highest BCUT2D eigenvalue weighted by molar-refractivity contribution is 5.99. The molecule has 126 valence electrons. The molecule has 0 aliphatic heterocycles. The smallest absolute Gasteiger partial charge is 0.287 e. The highest BCUT2D eigenvalue weighted by Crippen LogP contribution is 2.27. The average molecular weight is 331 g/mol. The molecule has 3 N–H and O–H groups in total. The highest BCUT2D eigenvalue weighted by Gasteiger charge is 2.12. The maximum absolute atomic E-state index is 12.0. The number of carbonyl (C=O) groups is 3. The van der Waals surface area contributed by atoms with Crippen LogP contribution in [0.4, 0.5) is 11.4 Å². The lowest BCUT2D eigenvalue weighted by Crippen LogP contribution is -2.32. The first-order valence-electron chi connectivity index (χ1n) is 7.07. The summed E-state index contributed by atoms with van der Waals surface area (Å²) in [5, 5.41) is 7.66. The molecule has 3 amide bonds. The number of nitrogens with one attached hydrogen (secondary N) is 3. The molecule has 0 bridgehead atoms. The lowest BCUT2D eigenvalue weighted by Gasteiger charge is -2.12. The zero-order valence-corrected chi connectivity index (χ0v) is 13.2. The molecule has 2 aromatic rings. The van der Waals surface area contributed by atoms with Crippen molar-refractivity contribution in [3.63, 3.8) is 0 Å². The third-order valence-electron chi connectivity index (χ3n) is 2.95. The van der Waals surface area contributed by atoms with Crippen LogP contribution in [0, 0.1) is 0 Å². The van der Waals surface area contributed by atoms with E-state index in [0.717, 1.165) is 0 Å². The Hall–Kier alpha value is -3.29. The van der Waals surface area contributed by atoms with Crippen LogP contribution in [0.5, 0.6) is 5.75 Å². The summed E-state index contributed by atoms with van der Waals surface area (Å²) >= 11 is 0. The topological polar surface area (TPSA) is 110 Å². The van der Waals surface area contributed by atoms with Crippen molar-refractivity contribution in [1.82, 2.24) is 5.32 Å². The number of ether oxygens (including phenoxy) is 1. The number of furan rings is 1. The summed E-state index contributed by atoms with van der Waals surface area (Å²) in [6.45, 7) is 1.14. The van der Waals surface area contributed by atoms with Gasteiger partial charge in [-0.15, -0.1) is 0 Å². The van der Waals surface area contributed by atoms with E-state index in [1.54, 1.807) is 24.3 Å². The van der Waals surface area contributed by atoms with Crippen LogP contribution in [0.15, 0.2) is 41.0 Å². The number of rotatable bonds is 6. The molecule has 1 heterocycles. The number of carbonyl (C=O) groups excluding carboxylic acids is 3. The van der Waals surface area contributed by atoms with Crippen molar-refractivity contribution in [2.75, 3.05) is 24.3 Å². The number of methoxy groups -OCH3 is 1. The van der Waals surface area contributed by atoms with Gasteiger partial charge in [-0.3, -0.25) is 14.4 Å². The quantitative estimate of drug-likeness (QED) is 0.745. The van der Waals surface area contributed by atoms with Gasteiger partial charge < -0.3 is 25.1 Å². The average Bonchev–Trinajstić information content (AvgIpc) is 3.07. The van der Waals surface area contributed by atoms with Crippen molar-refractivity contribution in [2.45, 2.75) is 6.92 Å². The molecule has 0 saturated carbocycles. The Morgan fingerprint density at radius 1 is 1.17 bits per heavy atom. The summed E-state index contributed by atoms with van der Waals surface area (Å²) in [7, 11) is 1.46. The number of hydrogen-bond donors (Lipinski definition) is 3. The Bertz CT molecular complexity index is 740. The number of hydrogen-bond acceptors (Lipinski definition) is 5. The minimum absolute atomic E-state index is 0.119. The minimum atomic E-state index is -0.492. The van der Waals surface area contributed by atoms with Gasteiger partial charge in [-0.25, -0.2) is 0 Å². The molecule has 1 aromatic carbocycles. The fourth-order valence-electron chi connectivity index (χ4n) is 1.94. The van der Waals surface area contributed by atoms with Crippen molar-refractivity contribution < 1.29 is 23.5 Å². The molecule has 2 rings (SSSR count). The van der Waals surface area contributed by atoms with Gasteiger partial charge in [-0.2, -0.15) is 0 Å². The van der Waals surface area contributed by atoms with E-state index in [4.69, 9.17) is 9.15 Å². The molecule has 0 radical (unpaired) electrons. The predicted octanol–water partition coefficient (Wildman–Crippen LogP) is 1.62. The van der Waals surface area contributed by atoms with E-state index in [1.165, 1.54) is 26.4 Å². The largest absolute Gasteiger partial charge is 0.495 e. The molecule has 24 heavy (non-hydrogen) atoms. The van der Waals surface area contributed by atoms with Crippen LogP contribution in [0.25, 0.3) is 0 Å². The van der Waals surface area contributed by atoms with Crippen LogP contribution < -0.4 is 20.7 Å². The van der Waals surface area contributed by atoms with Gasteiger partial charge in [0.1, 0.15) is 5.75 Å². The Labute approximate surface area is 138 Å². The molecule has 0 saturated heterocycles. The van der Waals surface area contributed by atoms with Crippen molar-refractivity contribution in [2.24, 2.45) is 0 Å². The van der Waals surface area contributed by atoms with E-state index in [-0.39, 0.29) is 18.2 Å². The van der Waals surface area contributed by atoms with Crippen LogP contribution in [0.3, 0.4) is 0 Å². The van der Waals surface area contributed by atoms with Gasteiger partial charge in [0.15, 0.2) is 5.76 Å². The van der Waals surface area contributed by atoms with Gasteiger partial charge in [0.25, 0.3) is 5.91 Å². The fourth-order valence-corrected chi connectivity index (χ4v) is 1.94. The van der Waals surface area contributed by atoms with Gasteiger partial charge in [-0.1, -0.05) is 0 Å². The van der Waals surface area contributed by atoms with Crippen molar-refractivity contribution >= 4 is 29.1 Å². The zero-order valence-electron chi connectivity index (χ0n) is 13.2. The second-order valence-electron chi connectivity index (χ2n) is 4.80. The summed E-state index contributed by atoms with van der Waals surface area (Å²) in [5.41, 5.74) is 0.888. The molecule has 0 unspecified atom stereocenters. The first-order chi connectivity index (χ1) is 11.5. The third kappa shape index (κ3) is 4.60. The molecule has 0 atom stereocenters. The Kier molecular flexibility index (Phi) is 5.56. The number of benzene rings is 1. The summed E-state index contributed by atoms with van der Waals surface area (Å²) in [4.78, 5) is 34.8. The fraction of sp³-hybridized carbons (Fsp3) is 0.188. The van der Waals surface area contributed by atoms with E-state index in [0.29, 0.717) is 17.1 Å². The molecular formula is C16H17N3O5. The second-order valence-corrected chi connectivity index (χ2v) is 4.80. The van der Waals surface area contributed by atoms with Crippen LogP contribution in [-0.2, 0) is 9.59 Å². The Balaban J connectivity index is 1.99. The van der Waals surface area contributed by atoms with Crippen LogP contribution in [0.2, 0.25) is 0 Å². The number of anilines is 2. The maximum atomic E-state index is 12.0. The molecule has 0 aliphatic carbocycles. The van der Waals surface area contributed by atoms with E-state index in [1.807, 2.05) is 0 Å². The van der Waals surface area contributed by atoms with E-state index >= 15 is 0 Å². The monoisotopic (exact) mass is 331 g/mol. The van der Waals surface area contributed by atoms with Crippen LogP contribution >= 0.6 is 0 Å². The SMILES string of the molecule is COc1ccc(NC(C)=O)cc1NC(=O)CNC(=O)c1ccco1. The van der Waals surface area contributed by atoms with Crippen LogP contribution in [0.1, 0.15) is 17.5 Å². The zero-order chi connectivity index (χ0) is 17.5. The van der Waals surface area contributed by atoms with Gasteiger partial charge in [0.05, 0.1) is 25.6 Å². The van der Waals surface area contributed by atoms with Gasteiger partial charge >= 0.3 is 0 Å². The highest BCUT2D eigenvalue weighted by atomic mass is 16.5. The predicted molar refractivity (Wildman–Crippen MR) is 87.0 cm³/mol. The molecule has 8 heteroatoms. The molecule has 0 spiro atoms. The van der Waals surface area contributed by atoms with Gasteiger partial charge in [0, 0.05) is 12.6 Å². The van der Waals surface area contributed by atoms with Crippen molar-refractivity contribution in [3.05, 3.63) is 42.4 Å². The third-order valence-corrected chi connectivity index (χ3v) is 2.95. The van der Waals surface area contributed by atoms with E-state index in [2.05, 4.69) is 16.0 Å². The Morgan fingerprint density at radius 2 is 1.96 bits per heavy atom. The lowest BCUT2D eigenvalue weighted by molar-refractivity contribution is -0.115. The molecule has 0 fully saturated rings. The normalized spacial score (nSPS) is 9.92. The first kappa shape index (κ1) is 17.1. The van der Waals surface area contributed by atoms with Crippen molar-refractivity contribution in [3.8, 4) is 5.75 Å². The first-order valence-corrected chi connectivity index (χ1v) is 7.07. The molecule has 0 aliphatic rings. The van der Waals surface area contributed by atoms with E-state index < -0.39 is 11.8 Å². The molecule has 8 nitrogen and oxygen atoms in total. The Morgan fingerprint density at radius 3 is 2.58 bits per heavy atom. The standard InChI is InChI=1S/C16H17N3O5/c1-10(20)18-11-5-6-13(23-2)12(8-11)19-15(21)9-17-16(22)14-4-3-7-24-14/h3-8H,9H2,1-2H3,(H,17,22)(H,18,20)(H,19,21). The molecule has 1 aromatic heterocycles. The summed E-state index contributed by atoms with van der Waals surface area (Å²) in [6, 6.07) is 7.89. The lowest BCUT2D eigenvalue weighted by atomic mass is 10.2. The summed E-state index contributed by atoms with van der Waals surface area (Å²) in [5.74, 6) is -0.631. The van der Waals surface area contributed by atoms with E-state index in [9.17, 15) is 14.4 Å². The molecular weight excluding hydrogens is 314 g/mol. The minimum Gasteiger partial charge on any atom is -0.495 e. The van der Waals surface area contributed by atoms with Crippen molar-refractivity contribution in [1.29, 1.82) is 0 Å². The summed E-state index contributed by atoms with van der Waals surface area (Å²) < 4.78 is 10.1. The summed E-state index contributed by atoms with van der Waals surface area (Å²) in [6.07, 6.45) is 1.37. The van der Waals surface area contributed by atoms with Gasteiger partial charge in [-0.05, 0) is 30.3 Å². The van der Waals surface area contributed by atoms with Gasteiger partial charge in [0.2, 0.25) is 11.8 Å².